The van der Waals surface area contributed by atoms with E-state index in [-0.39, 0.29) is 30.5 Å². The van der Waals surface area contributed by atoms with E-state index in [1.54, 1.807) is 37.3 Å². The Kier molecular flexibility index (Phi) is 8.72. The Labute approximate surface area is 231 Å². The summed E-state index contributed by atoms with van der Waals surface area (Å²) >= 11 is 1.47. The van der Waals surface area contributed by atoms with Crippen LogP contribution in [0.2, 0.25) is 0 Å². The number of nitrogens with one attached hydrogen (secondary N) is 1. The zero-order valence-corrected chi connectivity index (χ0v) is 23.1. The summed E-state index contributed by atoms with van der Waals surface area (Å²) in [6, 6.07) is 8.51. The fraction of sp³-hybridized carbons (Fsp3) is 0.519. The average Bonchev–Trinajstić information content (AvgIpc) is 3.77. The first-order valence-electron chi connectivity index (χ1n) is 13.3. The molecule has 39 heavy (non-hydrogen) atoms. The molecule has 2 atom stereocenters. The number of thiophene rings is 1. The average molecular weight is 555 g/mol. The van der Waals surface area contributed by atoms with Gasteiger partial charge in [0.05, 0.1) is 20.3 Å². The van der Waals surface area contributed by atoms with Crippen LogP contribution in [0.1, 0.15) is 49.4 Å². The molecule has 5 rings (SSSR count). The molecule has 1 N–H and O–H groups in total. The number of rotatable bonds is 11. The number of ether oxygens (including phenoxy) is 3. The Hall–Kier alpha value is -3.51. The predicted molar refractivity (Wildman–Crippen MR) is 145 cm³/mol. The summed E-state index contributed by atoms with van der Waals surface area (Å²) in [6.07, 6.45) is 5.79. The van der Waals surface area contributed by atoms with Crippen LogP contribution in [0.4, 0.5) is 0 Å². The van der Waals surface area contributed by atoms with Gasteiger partial charge >= 0.3 is 0 Å². The lowest BCUT2D eigenvalue weighted by Crippen LogP contribution is -2.49. The molecular formula is C27H34N6O5S. The molecule has 1 aliphatic heterocycles. The molecule has 2 amide bonds. The standard InChI is InChI=1S/C27H34N6O5S/c1-36-21-12-11-18(15-22(21)37-2)26-29-31-33(30-26)17-24(34)32(16-20-9-5-13-38-20)25(23-10-6-14-39-23)27(35)28-19-7-3-4-8-19/h6,10-12,14-15,19-20,25H,3-5,7-9,13,16-17H2,1-2H3,(H,28,35)/t20-,25+/m0/s1. The maximum atomic E-state index is 13.8. The minimum absolute atomic E-state index is 0.123. The second kappa shape index (κ2) is 12.6. The Morgan fingerprint density at radius 3 is 2.67 bits per heavy atom. The van der Waals surface area contributed by atoms with Crippen LogP contribution in [0.25, 0.3) is 11.4 Å². The normalized spacial score (nSPS) is 18.2. The summed E-state index contributed by atoms with van der Waals surface area (Å²) in [5.74, 6) is 1.04. The number of amides is 2. The molecule has 12 heteroatoms. The van der Waals surface area contributed by atoms with Gasteiger partial charge in [0.2, 0.25) is 17.6 Å². The number of methoxy groups -OCH3 is 2. The van der Waals surface area contributed by atoms with Gasteiger partial charge in [-0.3, -0.25) is 9.59 Å². The van der Waals surface area contributed by atoms with Crippen molar-refractivity contribution in [2.45, 2.75) is 63.3 Å². The number of aromatic nitrogens is 4. The third-order valence-electron chi connectivity index (χ3n) is 7.19. The zero-order chi connectivity index (χ0) is 27.2. The first kappa shape index (κ1) is 27.1. The van der Waals surface area contributed by atoms with Gasteiger partial charge in [-0.15, -0.1) is 21.5 Å². The number of hydrogen-bond acceptors (Lipinski definition) is 9. The molecular weight excluding hydrogens is 520 g/mol. The van der Waals surface area contributed by atoms with E-state index >= 15 is 0 Å². The van der Waals surface area contributed by atoms with Gasteiger partial charge in [0.15, 0.2) is 11.5 Å². The lowest BCUT2D eigenvalue weighted by atomic mass is 10.1. The van der Waals surface area contributed by atoms with E-state index in [1.807, 2.05) is 17.5 Å². The molecule has 0 bridgehead atoms. The maximum Gasteiger partial charge on any atom is 0.248 e. The van der Waals surface area contributed by atoms with Crippen molar-refractivity contribution in [1.29, 1.82) is 0 Å². The molecule has 0 unspecified atom stereocenters. The third kappa shape index (κ3) is 6.39. The maximum absolute atomic E-state index is 13.8. The summed E-state index contributed by atoms with van der Waals surface area (Å²) < 4.78 is 16.6. The molecule has 0 spiro atoms. The van der Waals surface area contributed by atoms with Crippen LogP contribution in [0.15, 0.2) is 35.7 Å². The van der Waals surface area contributed by atoms with E-state index < -0.39 is 6.04 Å². The van der Waals surface area contributed by atoms with E-state index in [1.165, 1.54) is 16.1 Å². The first-order valence-corrected chi connectivity index (χ1v) is 14.2. The first-order chi connectivity index (χ1) is 19.1. The van der Waals surface area contributed by atoms with Crippen LogP contribution in [-0.2, 0) is 20.9 Å². The van der Waals surface area contributed by atoms with Crippen molar-refractivity contribution in [3.05, 3.63) is 40.6 Å². The molecule has 2 fully saturated rings. The van der Waals surface area contributed by atoms with E-state index in [9.17, 15) is 9.59 Å². The predicted octanol–water partition coefficient (Wildman–Crippen LogP) is 3.23. The molecule has 0 radical (unpaired) electrons. The van der Waals surface area contributed by atoms with Gasteiger partial charge in [-0.1, -0.05) is 18.9 Å². The van der Waals surface area contributed by atoms with Crippen LogP contribution in [0.5, 0.6) is 11.5 Å². The van der Waals surface area contributed by atoms with Gasteiger partial charge in [0, 0.05) is 29.6 Å². The minimum atomic E-state index is -0.754. The van der Waals surface area contributed by atoms with Gasteiger partial charge in [-0.25, -0.2) is 0 Å². The summed E-state index contributed by atoms with van der Waals surface area (Å²) in [5, 5.41) is 17.8. The van der Waals surface area contributed by atoms with E-state index in [4.69, 9.17) is 14.2 Å². The molecule has 3 heterocycles. The highest BCUT2D eigenvalue weighted by Gasteiger charge is 2.36. The van der Waals surface area contributed by atoms with Crippen LogP contribution in [0, 0.1) is 0 Å². The summed E-state index contributed by atoms with van der Waals surface area (Å²) in [5.41, 5.74) is 0.676. The number of carbonyl (C=O) groups excluding carboxylic acids is 2. The number of nitrogens with zero attached hydrogens (tertiary/aromatic N) is 5. The van der Waals surface area contributed by atoms with Crippen molar-refractivity contribution in [2.24, 2.45) is 0 Å². The number of tetrazole rings is 1. The van der Waals surface area contributed by atoms with E-state index in [2.05, 4.69) is 20.7 Å². The SMILES string of the molecule is COc1ccc(-c2nnn(CC(=O)N(C[C@@H]3CCCO3)[C@@H](C(=O)NC3CCCC3)c3cccs3)n2)cc1OC. The summed E-state index contributed by atoms with van der Waals surface area (Å²) in [6.45, 7) is 0.812. The van der Waals surface area contributed by atoms with Crippen LogP contribution < -0.4 is 14.8 Å². The highest BCUT2D eigenvalue weighted by atomic mass is 32.1. The van der Waals surface area contributed by atoms with Crippen molar-refractivity contribution in [3.63, 3.8) is 0 Å². The zero-order valence-electron chi connectivity index (χ0n) is 22.2. The highest BCUT2D eigenvalue weighted by molar-refractivity contribution is 7.10. The van der Waals surface area contributed by atoms with Gasteiger partial charge in [-0.05, 0) is 60.5 Å². The Morgan fingerprint density at radius 1 is 1.15 bits per heavy atom. The fourth-order valence-electron chi connectivity index (χ4n) is 5.19. The van der Waals surface area contributed by atoms with Gasteiger partial charge in [-0.2, -0.15) is 4.80 Å². The number of benzene rings is 1. The molecule has 1 aromatic carbocycles. The van der Waals surface area contributed by atoms with Crippen LogP contribution >= 0.6 is 11.3 Å². The Balaban J connectivity index is 1.38. The lowest BCUT2D eigenvalue weighted by molar-refractivity contribution is -0.143. The minimum Gasteiger partial charge on any atom is -0.493 e. The fourth-order valence-corrected chi connectivity index (χ4v) is 6.03. The summed E-state index contributed by atoms with van der Waals surface area (Å²) in [7, 11) is 3.12. The molecule has 208 valence electrons. The second-order valence-electron chi connectivity index (χ2n) is 9.80. The van der Waals surface area contributed by atoms with Crippen LogP contribution in [-0.4, -0.2) is 76.4 Å². The van der Waals surface area contributed by atoms with Crippen molar-refractivity contribution in [3.8, 4) is 22.9 Å². The number of hydrogen-bond donors (Lipinski definition) is 1. The second-order valence-corrected chi connectivity index (χ2v) is 10.8. The monoisotopic (exact) mass is 554 g/mol. The molecule has 11 nitrogen and oxygen atoms in total. The highest BCUT2D eigenvalue weighted by Crippen LogP contribution is 2.31. The van der Waals surface area contributed by atoms with Crippen LogP contribution in [0.3, 0.4) is 0 Å². The quantitative estimate of drug-likeness (QED) is 0.384. The molecule has 1 saturated carbocycles. The largest absolute Gasteiger partial charge is 0.493 e. The lowest BCUT2D eigenvalue weighted by Gasteiger charge is -2.32. The number of carbonyl (C=O) groups is 2. The Bertz CT molecular complexity index is 1250. The van der Waals surface area contributed by atoms with E-state index in [0.717, 1.165) is 43.4 Å². The van der Waals surface area contributed by atoms with Crippen molar-refractivity contribution < 1.29 is 23.8 Å². The van der Waals surface area contributed by atoms with Gasteiger partial charge in [0.1, 0.15) is 12.6 Å². The molecule has 2 aromatic heterocycles. The molecule has 1 aliphatic carbocycles. The van der Waals surface area contributed by atoms with E-state index in [0.29, 0.717) is 36.0 Å². The topological polar surface area (TPSA) is 121 Å². The molecule has 1 saturated heterocycles. The van der Waals surface area contributed by atoms with Crippen molar-refractivity contribution in [1.82, 2.24) is 30.4 Å². The molecule has 3 aromatic rings. The molecule has 2 aliphatic rings. The van der Waals surface area contributed by atoms with Gasteiger partial charge in [0.25, 0.3) is 0 Å². The van der Waals surface area contributed by atoms with Gasteiger partial charge < -0.3 is 24.4 Å². The summed E-state index contributed by atoms with van der Waals surface area (Å²) in [4.78, 5) is 31.2. The third-order valence-corrected chi connectivity index (χ3v) is 8.11. The van der Waals surface area contributed by atoms with Crippen molar-refractivity contribution in [2.75, 3.05) is 27.4 Å². The smallest absolute Gasteiger partial charge is 0.248 e. The Morgan fingerprint density at radius 2 is 1.97 bits per heavy atom. The van der Waals surface area contributed by atoms with Crippen molar-refractivity contribution >= 4 is 23.2 Å².